The fourth-order valence-electron chi connectivity index (χ4n) is 2.93. The van der Waals surface area contributed by atoms with Gasteiger partial charge in [-0.2, -0.15) is 11.3 Å². The van der Waals surface area contributed by atoms with Gasteiger partial charge >= 0.3 is 5.97 Å². The molecule has 0 bridgehead atoms. The number of hydrogen-bond donors (Lipinski definition) is 4. The van der Waals surface area contributed by atoms with E-state index in [1.165, 1.54) is 11.3 Å². The van der Waals surface area contributed by atoms with Gasteiger partial charge in [-0.25, -0.2) is 4.79 Å². The number of carboxylic acids is 1. The van der Waals surface area contributed by atoms with Crippen LogP contribution in [0.1, 0.15) is 28.8 Å². The maximum atomic E-state index is 12.1. The molecule has 4 N–H and O–H groups in total. The number of hydrogen-bond acceptors (Lipinski definition) is 4. The maximum absolute atomic E-state index is 12.1. The highest BCUT2D eigenvalue weighted by molar-refractivity contribution is 7.08. The van der Waals surface area contributed by atoms with Gasteiger partial charge in [-0.05, 0) is 29.5 Å². The molecule has 3 rings (SSSR count). The SMILES string of the molecule is O=C(CCCNC(=O)c1ccsc1)NC(Cc1c[nH]c2ccccc12)C(=O)O. The Bertz CT molecular complexity index is 965. The molecule has 3 aromatic rings. The standard InChI is InChI=1S/C20H21N3O4S/c24-18(6-3-8-21-19(25)13-7-9-28-12-13)23-17(20(26)27)10-14-11-22-16-5-2-1-4-15(14)16/h1-2,4-5,7,9,11-12,17,22H,3,6,8,10H2,(H,21,25)(H,23,24)(H,26,27). The number of benzene rings is 1. The minimum Gasteiger partial charge on any atom is -0.480 e. The van der Waals surface area contributed by atoms with Crippen molar-refractivity contribution >= 4 is 40.0 Å². The fraction of sp³-hybridized carbons (Fsp3) is 0.250. The van der Waals surface area contributed by atoms with Crippen LogP contribution in [0, 0.1) is 0 Å². The number of aliphatic carboxylic acids is 1. The van der Waals surface area contributed by atoms with E-state index in [1.807, 2.05) is 29.6 Å². The summed E-state index contributed by atoms with van der Waals surface area (Å²) in [4.78, 5) is 38.6. The van der Waals surface area contributed by atoms with Crippen molar-refractivity contribution in [3.8, 4) is 0 Å². The molecular weight excluding hydrogens is 378 g/mol. The number of amides is 2. The molecule has 0 aliphatic rings. The Kier molecular flexibility index (Phi) is 6.44. The van der Waals surface area contributed by atoms with E-state index in [0.29, 0.717) is 18.5 Å². The summed E-state index contributed by atoms with van der Waals surface area (Å²) in [5.41, 5.74) is 2.36. The van der Waals surface area contributed by atoms with Crippen LogP contribution < -0.4 is 10.6 Å². The number of fused-ring (bicyclic) bond motifs is 1. The van der Waals surface area contributed by atoms with E-state index in [0.717, 1.165) is 16.5 Å². The van der Waals surface area contributed by atoms with Gasteiger partial charge in [0.1, 0.15) is 6.04 Å². The molecule has 0 spiro atoms. The van der Waals surface area contributed by atoms with E-state index < -0.39 is 12.0 Å². The average Bonchev–Trinajstić information content (AvgIpc) is 3.35. The number of thiophene rings is 1. The second-order valence-corrected chi connectivity index (χ2v) is 7.17. The summed E-state index contributed by atoms with van der Waals surface area (Å²) in [6, 6.07) is 8.34. The molecule has 0 saturated carbocycles. The third-order valence-electron chi connectivity index (χ3n) is 4.38. The Morgan fingerprint density at radius 3 is 2.75 bits per heavy atom. The predicted octanol–water partition coefficient (Wildman–Crippen LogP) is 2.55. The summed E-state index contributed by atoms with van der Waals surface area (Å²) >= 11 is 1.44. The van der Waals surface area contributed by atoms with E-state index in [1.54, 1.807) is 17.6 Å². The smallest absolute Gasteiger partial charge is 0.326 e. The monoisotopic (exact) mass is 399 g/mol. The van der Waals surface area contributed by atoms with Crippen LogP contribution in [0.2, 0.25) is 0 Å². The Morgan fingerprint density at radius 1 is 1.18 bits per heavy atom. The van der Waals surface area contributed by atoms with Gasteiger partial charge in [0, 0.05) is 47.4 Å². The molecule has 1 unspecified atom stereocenters. The van der Waals surface area contributed by atoms with Crippen molar-refractivity contribution in [1.82, 2.24) is 15.6 Å². The van der Waals surface area contributed by atoms with Gasteiger partial charge in [-0.15, -0.1) is 0 Å². The van der Waals surface area contributed by atoms with Crippen LogP contribution in [-0.4, -0.2) is 40.5 Å². The summed E-state index contributed by atoms with van der Waals surface area (Å²) in [6.07, 6.45) is 2.54. The number of nitrogens with one attached hydrogen (secondary N) is 3. The number of para-hydroxylation sites is 1. The van der Waals surface area contributed by atoms with Crippen LogP contribution in [-0.2, 0) is 16.0 Å². The number of rotatable bonds is 9. The van der Waals surface area contributed by atoms with Crippen molar-refractivity contribution in [1.29, 1.82) is 0 Å². The lowest BCUT2D eigenvalue weighted by Crippen LogP contribution is -2.42. The molecule has 0 aliphatic carbocycles. The number of carbonyl (C=O) groups is 3. The molecule has 2 aromatic heterocycles. The molecule has 28 heavy (non-hydrogen) atoms. The second-order valence-electron chi connectivity index (χ2n) is 6.39. The molecule has 0 saturated heterocycles. The quantitative estimate of drug-likeness (QED) is 0.414. The summed E-state index contributed by atoms with van der Waals surface area (Å²) in [5.74, 6) is -1.61. The lowest BCUT2D eigenvalue weighted by atomic mass is 10.0. The molecule has 1 atom stereocenters. The first kappa shape index (κ1) is 19.6. The van der Waals surface area contributed by atoms with Gasteiger partial charge < -0.3 is 20.7 Å². The number of aromatic nitrogens is 1. The topological polar surface area (TPSA) is 111 Å². The Labute approximate surface area is 165 Å². The van der Waals surface area contributed by atoms with E-state index in [-0.39, 0.29) is 24.7 Å². The predicted molar refractivity (Wildman–Crippen MR) is 107 cm³/mol. The van der Waals surface area contributed by atoms with Crippen molar-refractivity contribution in [2.24, 2.45) is 0 Å². The lowest BCUT2D eigenvalue weighted by Gasteiger charge is -2.14. The number of carbonyl (C=O) groups excluding carboxylic acids is 2. The summed E-state index contributed by atoms with van der Waals surface area (Å²) in [5, 5.41) is 19.3. The first-order valence-electron chi connectivity index (χ1n) is 8.92. The zero-order chi connectivity index (χ0) is 19.9. The third-order valence-corrected chi connectivity index (χ3v) is 5.07. The molecule has 1 aromatic carbocycles. The van der Waals surface area contributed by atoms with Gasteiger partial charge in [0.15, 0.2) is 0 Å². The first-order valence-corrected chi connectivity index (χ1v) is 9.86. The highest BCUT2D eigenvalue weighted by Crippen LogP contribution is 2.19. The molecule has 2 heterocycles. The van der Waals surface area contributed by atoms with E-state index in [2.05, 4.69) is 15.6 Å². The largest absolute Gasteiger partial charge is 0.480 e. The van der Waals surface area contributed by atoms with Gasteiger partial charge in [0.2, 0.25) is 5.91 Å². The van der Waals surface area contributed by atoms with Gasteiger partial charge in [-0.1, -0.05) is 18.2 Å². The fourth-order valence-corrected chi connectivity index (χ4v) is 3.57. The van der Waals surface area contributed by atoms with Crippen LogP contribution in [0.4, 0.5) is 0 Å². The average molecular weight is 399 g/mol. The summed E-state index contributed by atoms with van der Waals surface area (Å²) in [7, 11) is 0. The Balaban J connectivity index is 1.48. The lowest BCUT2D eigenvalue weighted by molar-refractivity contribution is -0.141. The molecular formula is C20H21N3O4S. The van der Waals surface area contributed by atoms with E-state index >= 15 is 0 Å². The van der Waals surface area contributed by atoms with Crippen LogP contribution in [0.5, 0.6) is 0 Å². The second kappa shape index (κ2) is 9.18. The highest BCUT2D eigenvalue weighted by atomic mass is 32.1. The van der Waals surface area contributed by atoms with Gasteiger partial charge in [-0.3, -0.25) is 9.59 Å². The van der Waals surface area contributed by atoms with Crippen LogP contribution >= 0.6 is 11.3 Å². The van der Waals surface area contributed by atoms with E-state index in [4.69, 9.17) is 0 Å². The highest BCUT2D eigenvalue weighted by Gasteiger charge is 2.21. The molecule has 8 heteroatoms. The number of carboxylic acid groups (broad SMARTS) is 1. The van der Waals surface area contributed by atoms with E-state index in [9.17, 15) is 19.5 Å². The molecule has 0 fully saturated rings. The van der Waals surface area contributed by atoms with Crippen molar-refractivity contribution in [3.63, 3.8) is 0 Å². The third kappa shape index (κ3) is 4.98. The zero-order valence-electron chi connectivity index (χ0n) is 15.1. The van der Waals surface area contributed by atoms with Gasteiger partial charge in [0.05, 0.1) is 0 Å². The van der Waals surface area contributed by atoms with Crippen LogP contribution in [0.3, 0.4) is 0 Å². The molecule has 2 amide bonds. The maximum Gasteiger partial charge on any atom is 0.326 e. The molecule has 7 nitrogen and oxygen atoms in total. The summed E-state index contributed by atoms with van der Waals surface area (Å²) < 4.78 is 0. The normalized spacial score (nSPS) is 11.9. The van der Waals surface area contributed by atoms with Crippen molar-refractivity contribution < 1.29 is 19.5 Å². The van der Waals surface area contributed by atoms with Crippen molar-refractivity contribution in [2.45, 2.75) is 25.3 Å². The molecule has 0 radical (unpaired) electrons. The Morgan fingerprint density at radius 2 is 2.00 bits per heavy atom. The Hall–Kier alpha value is -3.13. The van der Waals surface area contributed by atoms with Crippen molar-refractivity contribution in [3.05, 3.63) is 58.4 Å². The summed E-state index contributed by atoms with van der Waals surface area (Å²) in [6.45, 7) is 0.349. The zero-order valence-corrected chi connectivity index (χ0v) is 15.9. The van der Waals surface area contributed by atoms with Gasteiger partial charge in [0.25, 0.3) is 5.91 Å². The minimum atomic E-state index is -1.08. The first-order chi connectivity index (χ1) is 13.5. The van der Waals surface area contributed by atoms with Crippen LogP contribution in [0.25, 0.3) is 10.9 Å². The minimum absolute atomic E-state index is 0.140. The van der Waals surface area contributed by atoms with Crippen molar-refractivity contribution in [2.75, 3.05) is 6.54 Å². The van der Waals surface area contributed by atoms with Crippen LogP contribution in [0.15, 0.2) is 47.3 Å². The molecule has 146 valence electrons. The molecule has 0 aliphatic heterocycles. The number of H-pyrrole nitrogens is 1. The number of aromatic amines is 1.